The first-order chi connectivity index (χ1) is 10.9. The van der Waals surface area contributed by atoms with Crippen molar-refractivity contribution in [3.8, 4) is 0 Å². The number of rotatable bonds is 4. The number of fused-ring (bicyclic) bond motifs is 1. The van der Waals surface area contributed by atoms with Crippen molar-refractivity contribution in [1.82, 2.24) is 20.2 Å². The van der Waals surface area contributed by atoms with E-state index in [0.29, 0.717) is 0 Å². The summed E-state index contributed by atoms with van der Waals surface area (Å²) >= 11 is 0. The van der Waals surface area contributed by atoms with Crippen LogP contribution in [0.3, 0.4) is 0 Å². The van der Waals surface area contributed by atoms with E-state index >= 15 is 0 Å². The maximum Gasteiger partial charge on any atom is 0.170 e. The van der Waals surface area contributed by atoms with E-state index in [1.807, 2.05) is 4.68 Å². The molecule has 0 spiro atoms. The number of hydrogen-bond donors (Lipinski definition) is 0. The van der Waals surface area contributed by atoms with E-state index in [1.165, 1.54) is 17.7 Å². The summed E-state index contributed by atoms with van der Waals surface area (Å²) in [6, 6.07) is 8.63. The average molecular weight is 299 g/mol. The van der Waals surface area contributed by atoms with Gasteiger partial charge < -0.3 is 9.64 Å². The molecule has 6 nitrogen and oxygen atoms in total. The highest BCUT2D eigenvalue weighted by atomic mass is 16.5. The molecule has 22 heavy (non-hydrogen) atoms. The van der Waals surface area contributed by atoms with E-state index in [2.05, 4.69) is 44.7 Å². The molecule has 2 aliphatic heterocycles. The van der Waals surface area contributed by atoms with Crippen LogP contribution in [0.2, 0.25) is 0 Å². The van der Waals surface area contributed by atoms with Crippen molar-refractivity contribution in [2.24, 2.45) is 0 Å². The van der Waals surface area contributed by atoms with Crippen molar-refractivity contribution in [1.29, 1.82) is 0 Å². The Labute approximate surface area is 130 Å². The molecule has 1 fully saturated rings. The van der Waals surface area contributed by atoms with Crippen LogP contribution in [0.5, 0.6) is 0 Å². The van der Waals surface area contributed by atoms with Gasteiger partial charge in [0.25, 0.3) is 0 Å². The lowest BCUT2D eigenvalue weighted by molar-refractivity contribution is 0.0926. The van der Waals surface area contributed by atoms with Gasteiger partial charge in [0.15, 0.2) is 5.82 Å². The molecule has 1 saturated heterocycles. The van der Waals surface area contributed by atoms with Gasteiger partial charge in [0, 0.05) is 18.8 Å². The van der Waals surface area contributed by atoms with E-state index < -0.39 is 0 Å². The fraction of sp³-hybridized carbons (Fsp3) is 0.562. The molecule has 4 rings (SSSR count). The quantitative estimate of drug-likeness (QED) is 0.861. The van der Waals surface area contributed by atoms with E-state index in [-0.39, 0.29) is 6.10 Å². The van der Waals surface area contributed by atoms with Gasteiger partial charge in [0.1, 0.15) is 0 Å². The van der Waals surface area contributed by atoms with Crippen LogP contribution in [-0.4, -0.2) is 39.5 Å². The first-order valence-corrected chi connectivity index (χ1v) is 8.09. The second-order valence-corrected chi connectivity index (χ2v) is 6.07. The summed E-state index contributed by atoms with van der Waals surface area (Å²) < 4.78 is 7.61. The fourth-order valence-corrected chi connectivity index (χ4v) is 3.41. The van der Waals surface area contributed by atoms with E-state index in [9.17, 15) is 0 Å². The number of hydrogen-bond acceptors (Lipinski definition) is 5. The number of tetrazole rings is 1. The smallest absolute Gasteiger partial charge is 0.170 e. The van der Waals surface area contributed by atoms with Gasteiger partial charge in [-0.25, -0.2) is 4.68 Å². The van der Waals surface area contributed by atoms with Crippen LogP contribution >= 0.6 is 0 Å². The van der Waals surface area contributed by atoms with Gasteiger partial charge in [0.2, 0.25) is 0 Å². The van der Waals surface area contributed by atoms with Crippen molar-refractivity contribution in [3.05, 3.63) is 35.7 Å². The van der Waals surface area contributed by atoms with E-state index in [1.54, 1.807) is 0 Å². The van der Waals surface area contributed by atoms with E-state index in [4.69, 9.17) is 4.74 Å². The third kappa shape index (κ3) is 2.70. The molecule has 1 aromatic heterocycles. The van der Waals surface area contributed by atoms with Crippen LogP contribution in [0.1, 0.15) is 30.7 Å². The lowest BCUT2D eigenvalue weighted by atomic mass is 10.0. The van der Waals surface area contributed by atoms with E-state index in [0.717, 1.165) is 51.3 Å². The lowest BCUT2D eigenvalue weighted by Gasteiger charge is -2.30. The minimum atomic E-state index is 0.260. The van der Waals surface area contributed by atoms with Crippen LogP contribution in [0.4, 0.5) is 5.69 Å². The molecular formula is C16H21N5O. The maximum atomic E-state index is 5.70. The summed E-state index contributed by atoms with van der Waals surface area (Å²) in [6.07, 6.45) is 4.85. The Hall–Kier alpha value is -1.95. The molecule has 3 heterocycles. The van der Waals surface area contributed by atoms with Crippen LogP contribution < -0.4 is 4.90 Å². The number of nitrogens with zero attached hydrogens (tertiary/aromatic N) is 5. The Balaban J connectivity index is 1.51. The summed E-state index contributed by atoms with van der Waals surface area (Å²) in [5, 5.41) is 12.2. The molecule has 0 N–H and O–H groups in total. The summed E-state index contributed by atoms with van der Waals surface area (Å²) in [6.45, 7) is 3.44. The summed E-state index contributed by atoms with van der Waals surface area (Å²) in [4.78, 5) is 2.39. The Kier molecular flexibility index (Phi) is 3.76. The van der Waals surface area contributed by atoms with Crippen LogP contribution in [0.15, 0.2) is 24.3 Å². The highest BCUT2D eigenvalue weighted by molar-refractivity contribution is 5.55. The molecule has 1 aromatic carbocycles. The summed E-state index contributed by atoms with van der Waals surface area (Å²) in [7, 11) is 0. The van der Waals surface area contributed by atoms with Gasteiger partial charge in [-0.2, -0.15) is 0 Å². The topological polar surface area (TPSA) is 56.1 Å². The summed E-state index contributed by atoms with van der Waals surface area (Å²) in [5.41, 5.74) is 2.74. The molecular weight excluding hydrogens is 278 g/mol. The van der Waals surface area contributed by atoms with Gasteiger partial charge in [-0.3, -0.25) is 0 Å². The van der Waals surface area contributed by atoms with Gasteiger partial charge in [-0.05, 0) is 47.7 Å². The Bertz CT molecular complexity index is 635. The molecule has 0 saturated carbocycles. The first kappa shape index (κ1) is 13.7. The molecule has 0 bridgehead atoms. The van der Waals surface area contributed by atoms with Crippen molar-refractivity contribution in [3.63, 3.8) is 0 Å². The van der Waals surface area contributed by atoms with Gasteiger partial charge in [-0.1, -0.05) is 18.2 Å². The van der Waals surface area contributed by atoms with Crippen molar-refractivity contribution in [2.75, 3.05) is 18.1 Å². The molecule has 0 radical (unpaired) electrons. The molecule has 0 aliphatic carbocycles. The number of ether oxygens (including phenoxy) is 1. The first-order valence-electron chi connectivity index (χ1n) is 8.09. The Morgan fingerprint density at radius 3 is 3.09 bits per heavy atom. The molecule has 2 aromatic rings. The van der Waals surface area contributed by atoms with Gasteiger partial charge >= 0.3 is 0 Å². The lowest BCUT2D eigenvalue weighted by Crippen LogP contribution is -2.31. The fourth-order valence-electron chi connectivity index (χ4n) is 3.41. The normalized spacial score (nSPS) is 21.1. The molecule has 116 valence electrons. The zero-order valence-corrected chi connectivity index (χ0v) is 12.7. The number of benzene rings is 1. The summed E-state index contributed by atoms with van der Waals surface area (Å²) in [5.74, 6) is 0.923. The minimum absolute atomic E-state index is 0.260. The number of anilines is 1. The zero-order chi connectivity index (χ0) is 14.8. The number of aryl methyl sites for hydroxylation is 1. The van der Waals surface area contributed by atoms with Crippen LogP contribution in [0, 0.1) is 0 Å². The van der Waals surface area contributed by atoms with Crippen LogP contribution in [0.25, 0.3) is 0 Å². The molecule has 6 heteroatoms. The number of aromatic nitrogens is 4. The SMILES string of the molecule is c1ccc2c(c1)CCCN2Cc1nnnn1C[C@H]1CCCO1. The standard InChI is InChI=1S/C16H21N5O/c1-2-8-15-13(5-1)6-3-9-20(15)12-16-17-18-19-21(16)11-14-7-4-10-22-14/h1-2,5,8,14H,3-4,6-7,9-12H2/t14-/m1/s1. The third-order valence-electron chi connectivity index (χ3n) is 4.55. The van der Waals surface area contributed by atoms with Crippen molar-refractivity contribution in [2.45, 2.75) is 44.9 Å². The molecule has 1 atom stereocenters. The monoisotopic (exact) mass is 299 g/mol. The predicted molar refractivity (Wildman–Crippen MR) is 82.6 cm³/mol. The molecule has 0 unspecified atom stereocenters. The van der Waals surface area contributed by atoms with Gasteiger partial charge in [-0.15, -0.1) is 5.10 Å². The van der Waals surface area contributed by atoms with Crippen molar-refractivity contribution < 1.29 is 4.74 Å². The predicted octanol–water partition coefficient (Wildman–Crippen LogP) is 1.80. The number of para-hydroxylation sites is 1. The average Bonchev–Trinajstić information content (AvgIpc) is 3.21. The minimum Gasteiger partial charge on any atom is -0.376 e. The second kappa shape index (κ2) is 6.04. The van der Waals surface area contributed by atoms with Crippen molar-refractivity contribution >= 4 is 5.69 Å². The van der Waals surface area contributed by atoms with Crippen LogP contribution in [-0.2, 0) is 24.2 Å². The largest absolute Gasteiger partial charge is 0.376 e. The molecule has 0 amide bonds. The Morgan fingerprint density at radius 2 is 2.18 bits per heavy atom. The zero-order valence-electron chi connectivity index (χ0n) is 12.7. The highest BCUT2D eigenvalue weighted by Gasteiger charge is 2.22. The van der Waals surface area contributed by atoms with Gasteiger partial charge in [0.05, 0.1) is 19.2 Å². The highest BCUT2D eigenvalue weighted by Crippen LogP contribution is 2.27. The second-order valence-electron chi connectivity index (χ2n) is 6.07. The Morgan fingerprint density at radius 1 is 1.23 bits per heavy atom. The molecule has 2 aliphatic rings. The third-order valence-corrected chi connectivity index (χ3v) is 4.55. The maximum absolute atomic E-state index is 5.70.